The number of esters is 1. The molecule has 1 aliphatic heterocycles. The van der Waals surface area contributed by atoms with Crippen molar-refractivity contribution in [3.63, 3.8) is 0 Å². The van der Waals surface area contributed by atoms with Crippen LogP contribution < -0.4 is 0 Å². The Kier molecular flexibility index (Phi) is 6.24. The van der Waals surface area contributed by atoms with E-state index in [0.29, 0.717) is 42.7 Å². The lowest BCUT2D eigenvalue weighted by Crippen LogP contribution is -2.37. The Morgan fingerprint density at radius 3 is 2.72 bits per heavy atom. The lowest BCUT2D eigenvalue weighted by molar-refractivity contribution is -0.146. The number of alkyl halides is 3. The molecule has 0 amide bonds. The van der Waals surface area contributed by atoms with Crippen LogP contribution in [0, 0.1) is 5.92 Å². The molecule has 1 aromatic carbocycles. The first kappa shape index (κ1) is 21.3. The second-order valence-electron chi connectivity index (χ2n) is 7.49. The number of nitrogens with zero attached hydrogens (tertiary/aromatic N) is 1. The highest BCUT2D eigenvalue weighted by molar-refractivity contribution is 6.08. The van der Waals surface area contributed by atoms with Crippen molar-refractivity contribution in [3.05, 3.63) is 46.7 Å². The van der Waals surface area contributed by atoms with Gasteiger partial charge in [-0.05, 0) is 37.8 Å². The minimum absolute atomic E-state index is 0.156. The highest BCUT2D eigenvalue weighted by Gasteiger charge is 2.43. The van der Waals surface area contributed by atoms with Crippen molar-refractivity contribution >= 4 is 17.5 Å². The van der Waals surface area contributed by atoms with Crippen LogP contribution in [0.3, 0.4) is 0 Å². The molecule has 0 bridgehead atoms. The molecule has 29 heavy (non-hydrogen) atoms. The number of ketones is 1. The van der Waals surface area contributed by atoms with Crippen LogP contribution in [0.2, 0.25) is 0 Å². The Morgan fingerprint density at radius 1 is 1.28 bits per heavy atom. The maximum Gasteiger partial charge on any atom is 0.416 e. The van der Waals surface area contributed by atoms with E-state index < -0.39 is 29.5 Å². The van der Waals surface area contributed by atoms with Gasteiger partial charge in [0.2, 0.25) is 0 Å². The number of carbonyl (C=O) groups is 2. The summed E-state index contributed by atoms with van der Waals surface area (Å²) in [6, 6.07) is 4.87. The maximum atomic E-state index is 13.3. The van der Waals surface area contributed by atoms with Gasteiger partial charge in [-0.3, -0.25) is 14.6 Å². The van der Waals surface area contributed by atoms with Gasteiger partial charge in [0, 0.05) is 29.3 Å². The summed E-state index contributed by atoms with van der Waals surface area (Å²) < 4.78 is 45.2. The fourth-order valence-electron chi connectivity index (χ4n) is 3.99. The van der Waals surface area contributed by atoms with E-state index in [1.807, 2.05) is 6.92 Å². The average molecular weight is 407 g/mol. The summed E-state index contributed by atoms with van der Waals surface area (Å²) in [5, 5.41) is 0. The molecule has 0 radical (unpaired) electrons. The second-order valence-corrected chi connectivity index (χ2v) is 7.49. The Labute approximate surface area is 167 Å². The van der Waals surface area contributed by atoms with Gasteiger partial charge in [0.05, 0.1) is 12.2 Å². The normalized spacial score (nSPS) is 22.2. The molecule has 1 heterocycles. The van der Waals surface area contributed by atoms with Crippen LogP contribution >= 0.6 is 0 Å². The summed E-state index contributed by atoms with van der Waals surface area (Å²) in [4.78, 5) is 30.1. The lowest BCUT2D eigenvalue weighted by Gasteiger charge is -2.34. The predicted octanol–water partition coefficient (Wildman–Crippen LogP) is 5.23. The monoisotopic (exact) mass is 407 g/mol. The highest BCUT2D eigenvalue weighted by atomic mass is 19.4. The first-order valence-electron chi connectivity index (χ1n) is 9.89. The first-order valence-corrected chi connectivity index (χ1v) is 9.89. The van der Waals surface area contributed by atoms with Crippen molar-refractivity contribution in [3.8, 4) is 0 Å². The fraction of sp³-hybridized carbons (Fsp3) is 0.500. The predicted molar refractivity (Wildman–Crippen MR) is 103 cm³/mol. The van der Waals surface area contributed by atoms with E-state index in [9.17, 15) is 22.8 Å². The third-order valence-electron chi connectivity index (χ3n) is 5.40. The van der Waals surface area contributed by atoms with Gasteiger partial charge in [0.15, 0.2) is 5.78 Å². The molecule has 2 atom stereocenters. The Hall–Kier alpha value is -2.44. The zero-order valence-corrected chi connectivity index (χ0v) is 16.5. The zero-order chi connectivity index (χ0) is 21.2. The summed E-state index contributed by atoms with van der Waals surface area (Å²) >= 11 is 0. The third-order valence-corrected chi connectivity index (χ3v) is 5.40. The van der Waals surface area contributed by atoms with E-state index in [4.69, 9.17) is 4.74 Å². The zero-order valence-electron chi connectivity index (χ0n) is 16.5. The van der Waals surface area contributed by atoms with Crippen molar-refractivity contribution in [2.24, 2.45) is 10.9 Å². The van der Waals surface area contributed by atoms with Crippen LogP contribution in [0.4, 0.5) is 13.2 Å². The Morgan fingerprint density at radius 2 is 2.03 bits per heavy atom. The number of hydrogen-bond donors (Lipinski definition) is 0. The highest BCUT2D eigenvalue weighted by Crippen LogP contribution is 2.44. The van der Waals surface area contributed by atoms with Crippen LogP contribution in [0.1, 0.15) is 63.0 Å². The number of carbonyl (C=O) groups excluding carboxylic acids is 2. The SMILES string of the molecule is CCCCOC(=O)C1C(C)=NC2=C(C(=O)CCC2)[C@@H]1c1cccc(C(F)(F)F)c1. The Balaban J connectivity index is 2.09. The molecule has 0 saturated heterocycles. The molecule has 1 unspecified atom stereocenters. The number of aliphatic imine (C=N–C) groups is 1. The number of rotatable bonds is 5. The smallest absolute Gasteiger partial charge is 0.416 e. The summed E-state index contributed by atoms with van der Waals surface area (Å²) in [5.74, 6) is -2.42. The van der Waals surface area contributed by atoms with E-state index in [0.717, 1.165) is 18.6 Å². The molecule has 7 heteroatoms. The largest absolute Gasteiger partial charge is 0.465 e. The minimum atomic E-state index is -4.52. The van der Waals surface area contributed by atoms with Crippen LogP contribution in [-0.2, 0) is 20.5 Å². The van der Waals surface area contributed by atoms with Gasteiger partial charge in [-0.1, -0.05) is 31.5 Å². The van der Waals surface area contributed by atoms with Crippen molar-refractivity contribution in [2.75, 3.05) is 6.61 Å². The van der Waals surface area contributed by atoms with Crippen LogP contribution in [0.15, 0.2) is 40.5 Å². The summed E-state index contributed by atoms with van der Waals surface area (Å²) in [6.07, 6.45) is -1.45. The molecule has 0 fully saturated rings. The van der Waals surface area contributed by atoms with Crippen molar-refractivity contribution in [1.82, 2.24) is 0 Å². The van der Waals surface area contributed by atoms with Gasteiger partial charge in [0.25, 0.3) is 0 Å². The van der Waals surface area contributed by atoms with Crippen LogP contribution in [0.25, 0.3) is 0 Å². The second kappa shape index (κ2) is 8.51. The number of halogens is 3. The maximum absolute atomic E-state index is 13.3. The quantitative estimate of drug-likeness (QED) is 0.496. The van der Waals surface area contributed by atoms with Gasteiger partial charge >= 0.3 is 12.1 Å². The molecular formula is C22H24F3NO3. The van der Waals surface area contributed by atoms with E-state index in [2.05, 4.69) is 4.99 Å². The van der Waals surface area contributed by atoms with Gasteiger partial charge in [-0.15, -0.1) is 0 Å². The molecule has 4 nitrogen and oxygen atoms in total. The molecule has 0 spiro atoms. The summed E-state index contributed by atoms with van der Waals surface area (Å²) in [5.41, 5.74) is 0.896. The molecular weight excluding hydrogens is 383 g/mol. The first-order chi connectivity index (χ1) is 13.7. The molecule has 0 N–H and O–H groups in total. The molecule has 3 rings (SSSR count). The molecule has 1 aromatic rings. The standard InChI is InChI=1S/C22H24F3NO3/c1-3-4-11-29-21(28)18-13(2)26-16-9-6-10-17(27)20(16)19(18)14-7-5-8-15(12-14)22(23,24)25/h5,7-8,12,18-19H,3-4,6,9-11H2,1-2H3/t18?,19-/m1/s1. The summed E-state index contributed by atoms with van der Waals surface area (Å²) in [6.45, 7) is 3.87. The molecule has 156 valence electrons. The molecule has 2 aliphatic rings. The number of Topliss-reactive ketones (excluding diaryl/α,β-unsaturated/α-hetero) is 1. The van der Waals surface area contributed by atoms with Gasteiger partial charge < -0.3 is 4.74 Å². The van der Waals surface area contributed by atoms with Crippen molar-refractivity contribution < 1.29 is 27.5 Å². The van der Waals surface area contributed by atoms with Gasteiger partial charge in [-0.2, -0.15) is 13.2 Å². The number of ether oxygens (including phenoxy) is 1. The van der Waals surface area contributed by atoms with Gasteiger partial charge in [0.1, 0.15) is 5.92 Å². The fourth-order valence-corrected chi connectivity index (χ4v) is 3.99. The van der Waals surface area contributed by atoms with Crippen LogP contribution in [0.5, 0.6) is 0 Å². The number of benzene rings is 1. The minimum Gasteiger partial charge on any atom is -0.465 e. The lowest BCUT2D eigenvalue weighted by atomic mass is 9.71. The van der Waals surface area contributed by atoms with Crippen molar-refractivity contribution in [1.29, 1.82) is 0 Å². The van der Waals surface area contributed by atoms with E-state index in [1.54, 1.807) is 6.92 Å². The topological polar surface area (TPSA) is 55.7 Å². The third kappa shape index (κ3) is 4.43. The van der Waals surface area contributed by atoms with E-state index in [1.165, 1.54) is 12.1 Å². The van der Waals surface area contributed by atoms with Gasteiger partial charge in [-0.25, -0.2) is 0 Å². The molecule has 0 aromatic heterocycles. The summed E-state index contributed by atoms with van der Waals surface area (Å²) in [7, 11) is 0. The average Bonchev–Trinajstić information content (AvgIpc) is 2.66. The number of hydrogen-bond acceptors (Lipinski definition) is 4. The molecule has 1 aliphatic carbocycles. The number of allylic oxidation sites excluding steroid dienone is 2. The number of unbranched alkanes of at least 4 members (excludes halogenated alkanes) is 1. The van der Waals surface area contributed by atoms with E-state index in [-0.39, 0.29) is 18.0 Å². The Bertz CT molecular complexity index is 870. The van der Waals surface area contributed by atoms with Crippen molar-refractivity contribution in [2.45, 2.75) is 58.0 Å². The molecule has 0 saturated carbocycles. The van der Waals surface area contributed by atoms with E-state index >= 15 is 0 Å². The van der Waals surface area contributed by atoms with Crippen LogP contribution in [-0.4, -0.2) is 24.1 Å².